The van der Waals surface area contributed by atoms with Gasteiger partial charge in [0.2, 0.25) is 6.29 Å². The molecule has 2 aliphatic rings. The Balaban J connectivity index is 1.77. The first-order valence-corrected chi connectivity index (χ1v) is 11.9. The summed E-state index contributed by atoms with van der Waals surface area (Å²) in [6, 6.07) is 4.09. The molecule has 1 aromatic carbocycles. The Morgan fingerprint density at radius 3 is 2.44 bits per heavy atom. The van der Waals surface area contributed by atoms with Crippen molar-refractivity contribution in [2.24, 2.45) is 0 Å². The van der Waals surface area contributed by atoms with E-state index in [4.69, 9.17) is 23.7 Å². The molecule has 1 saturated heterocycles. The molecule has 2 aliphatic heterocycles. The third kappa shape index (κ3) is 6.50. The van der Waals surface area contributed by atoms with Gasteiger partial charge in [-0.05, 0) is 24.6 Å². The first kappa shape index (κ1) is 30.3. The molecule has 0 saturated carbocycles. The number of benzene rings is 1. The number of methoxy groups -OCH3 is 1. The Labute approximate surface area is 222 Å². The van der Waals surface area contributed by atoms with Crippen LogP contribution < -0.4 is 0 Å². The van der Waals surface area contributed by atoms with Crippen LogP contribution in [-0.2, 0) is 39.7 Å². The van der Waals surface area contributed by atoms with Crippen LogP contribution in [0.3, 0.4) is 0 Å². The average Bonchev–Trinajstić information content (AvgIpc) is 2.90. The Morgan fingerprint density at radius 1 is 1.10 bits per heavy atom. The number of carbonyl (C=O) groups excluding carboxylic acids is 2. The minimum Gasteiger partial charge on any atom is -0.504 e. The lowest BCUT2D eigenvalue weighted by molar-refractivity contribution is -0.329. The van der Waals surface area contributed by atoms with Crippen LogP contribution in [-0.4, -0.2) is 111 Å². The molecule has 0 amide bonds. The number of ether oxygens (including phenoxy) is 5. The van der Waals surface area contributed by atoms with E-state index in [9.17, 15) is 45.3 Å². The molecule has 0 aliphatic carbocycles. The molecular weight excluding hydrogens is 524 g/mol. The Morgan fingerprint density at radius 2 is 1.82 bits per heavy atom. The Kier molecular flexibility index (Phi) is 9.90. The zero-order valence-electron chi connectivity index (χ0n) is 21.2. The Bertz CT molecular complexity index is 1100. The molecule has 0 aromatic heterocycles. The number of aliphatic hydroxyl groups excluding tert-OH is 4. The van der Waals surface area contributed by atoms with Crippen LogP contribution in [0.4, 0.5) is 0 Å². The zero-order chi connectivity index (χ0) is 28.9. The van der Waals surface area contributed by atoms with Gasteiger partial charge in [-0.1, -0.05) is 12.1 Å². The summed E-state index contributed by atoms with van der Waals surface area (Å²) in [5.74, 6) is -2.59. The van der Waals surface area contributed by atoms with Crippen molar-refractivity contribution in [1.29, 1.82) is 0 Å². The van der Waals surface area contributed by atoms with Crippen molar-refractivity contribution < 1.29 is 69.0 Å². The number of phenols is 2. The summed E-state index contributed by atoms with van der Waals surface area (Å²) in [4.78, 5) is 25.2. The standard InChI is InChI=1S/C25H32O14/c1-3-13-23(39-24-21(32)20(31)19(30)17(10-26)38-24)37-11-14(22(33)35-2)25(13,34)9-18(29)36-7-6-12-4-5-15(27)16(28)8-12/h3-5,8,11,17,19-21,23-24,26-28,30-32,34H,6-7,9-10H2,1-2H3/b13-3-/t17?,19?,20?,21?,23-,24?,25+/m0/s1. The molecule has 1 fully saturated rings. The van der Waals surface area contributed by atoms with E-state index in [1.54, 1.807) is 0 Å². The SMILES string of the molecule is C/C=C1/[C@H](OC2OC(CO)C(O)C(O)C2O)OC=C(C(=O)OC)[C@@]1(O)CC(=O)OCCc1ccc(O)c(O)c1. The molecule has 1 aromatic rings. The molecule has 216 valence electrons. The zero-order valence-corrected chi connectivity index (χ0v) is 21.2. The second-order valence-electron chi connectivity index (χ2n) is 8.90. The van der Waals surface area contributed by atoms with Gasteiger partial charge in [0, 0.05) is 12.0 Å². The average molecular weight is 557 g/mol. The molecule has 3 rings (SSSR count). The maximum absolute atomic E-state index is 12.7. The van der Waals surface area contributed by atoms with Crippen LogP contribution in [0, 0.1) is 0 Å². The smallest absolute Gasteiger partial charge is 0.340 e. The van der Waals surface area contributed by atoms with Gasteiger partial charge in [0.15, 0.2) is 17.8 Å². The molecule has 0 radical (unpaired) electrons. The molecule has 0 spiro atoms. The van der Waals surface area contributed by atoms with Crippen LogP contribution >= 0.6 is 0 Å². The topological polar surface area (TPSA) is 222 Å². The number of rotatable bonds is 9. The summed E-state index contributed by atoms with van der Waals surface area (Å²) in [7, 11) is 1.06. The third-order valence-electron chi connectivity index (χ3n) is 6.40. The largest absolute Gasteiger partial charge is 0.504 e. The molecule has 5 unspecified atom stereocenters. The number of aromatic hydroxyl groups is 2. The number of phenolic OH excluding ortho intramolecular Hbond substituents is 2. The monoisotopic (exact) mass is 556 g/mol. The molecule has 14 heteroatoms. The minimum absolute atomic E-state index is 0.164. The van der Waals surface area contributed by atoms with Crippen molar-refractivity contribution in [2.75, 3.05) is 20.3 Å². The van der Waals surface area contributed by atoms with Gasteiger partial charge in [-0.15, -0.1) is 0 Å². The van der Waals surface area contributed by atoms with Crippen molar-refractivity contribution in [3.8, 4) is 11.5 Å². The molecule has 7 atom stereocenters. The highest BCUT2D eigenvalue weighted by Crippen LogP contribution is 2.39. The van der Waals surface area contributed by atoms with Crippen LogP contribution in [0.15, 0.2) is 41.7 Å². The lowest BCUT2D eigenvalue weighted by Gasteiger charge is -2.43. The van der Waals surface area contributed by atoms with Crippen LogP contribution in [0.5, 0.6) is 11.5 Å². The van der Waals surface area contributed by atoms with E-state index < -0.39 is 73.1 Å². The highest BCUT2D eigenvalue weighted by molar-refractivity contribution is 5.93. The minimum atomic E-state index is -2.35. The number of hydrogen-bond donors (Lipinski definition) is 7. The van der Waals surface area contributed by atoms with Gasteiger partial charge < -0.3 is 59.4 Å². The number of aliphatic hydroxyl groups is 5. The molecular formula is C25H32O14. The third-order valence-corrected chi connectivity index (χ3v) is 6.40. The predicted molar refractivity (Wildman–Crippen MR) is 128 cm³/mol. The summed E-state index contributed by atoms with van der Waals surface area (Å²) in [5.41, 5.74) is -2.41. The second-order valence-corrected chi connectivity index (χ2v) is 8.90. The van der Waals surface area contributed by atoms with Crippen LogP contribution in [0.25, 0.3) is 0 Å². The number of allylic oxidation sites excluding steroid dienone is 1. The van der Waals surface area contributed by atoms with Gasteiger partial charge in [0.25, 0.3) is 0 Å². The Hall–Kier alpha value is -3.24. The fourth-order valence-electron chi connectivity index (χ4n) is 4.22. The lowest BCUT2D eigenvalue weighted by atomic mass is 9.81. The van der Waals surface area contributed by atoms with Crippen LogP contribution in [0.2, 0.25) is 0 Å². The summed E-state index contributed by atoms with van der Waals surface area (Å²) in [6.45, 7) is 0.581. The van der Waals surface area contributed by atoms with Gasteiger partial charge in [0.1, 0.15) is 41.9 Å². The van der Waals surface area contributed by atoms with E-state index >= 15 is 0 Å². The van der Waals surface area contributed by atoms with Crippen LogP contribution in [0.1, 0.15) is 18.9 Å². The molecule has 39 heavy (non-hydrogen) atoms. The van der Waals surface area contributed by atoms with Crippen molar-refractivity contribution in [1.82, 2.24) is 0 Å². The van der Waals surface area contributed by atoms with Gasteiger partial charge in [-0.3, -0.25) is 4.79 Å². The van der Waals surface area contributed by atoms with E-state index in [0.29, 0.717) is 5.56 Å². The van der Waals surface area contributed by atoms with Gasteiger partial charge in [-0.25, -0.2) is 4.79 Å². The summed E-state index contributed by atoms with van der Waals surface area (Å²) in [5, 5.41) is 70.4. The normalized spacial score (nSPS) is 31.8. The molecule has 14 nitrogen and oxygen atoms in total. The first-order chi connectivity index (χ1) is 18.5. The molecule has 7 N–H and O–H groups in total. The van der Waals surface area contributed by atoms with E-state index in [1.807, 2.05) is 0 Å². The summed E-state index contributed by atoms with van der Waals surface area (Å²) in [6.07, 6.45) is -8.15. The van der Waals surface area contributed by atoms with Crippen molar-refractivity contribution in [2.45, 2.75) is 62.4 Å². The van der Waals surface area contributed by atoms with Crippen molar-refractivity contribution >= 4 is 11.9 Å². The number of hydrogen-bond acceptors (Lipinski definition) is 14. The van der Waals surface area contributed by atoms with E-state index in [1.165, 1.54) is 31.2 Å². The highest BCUT2D eigenvalue weighted by atomic mass is 16.8. The fourth-order valence-corrected chi connectivity index (χ4v) is 4.22. The fraction of sp³-hybridized carbons (Fsp3) is 0.520. The molecule has 2 heterocycles. The predicted octanol–water partition coefficient (Wildman–Crippen LogP) is -1.52. The van der Waals surface area contributed by atoms with E-state index in [-0.39, 0.29) is 30.1 Å². The number of esters is 2. The first-order valence-electron chi connectivity index (χ1n) is 11.9. The second kappa shape index (κ2) is 12.7. The molecule has 0 bridgehead atoms. The number of carbonyl (C=O) groups is 2. The maximum atomic E-state index is 12.7. The maximum Gasteiger partial charge on any atom is 0.340 e. The highest BCUT2D eigenvalue weighted by Gasteiger charge is 2.52. The van der Waals surface area contributed by atoms with E-state index in [2.05, 4.69) is 0 Å². The summed E-state index contributed by atoms with van der Waals surface area (Å²) >= 11 is 0. The van der Waals surface area contributed by atoms with Gasteiger partial charge >= 0.3 is 11.9 Å². The van der Waals surface area contributed by atoms with Crippen molar-refractivity contribution in [3.63, 3.8) is 0 Å². The van der Waals surface area contributed by atoms with Gasteiger partial charge in [0.05, 0.1) is 26.7 Å². The summed E-state index contributed by atoms with van der Waals surface area (Å²) < 4.78 is 26.3. The van der Waals surface area contributed by atoms with Gasteiger partial charge in [-0.2, -0.15) is 0 Å². The van der Waals surface area contributed by atoms with Crippen molar-refractivity contribution in [3.05, 3.63) is 47.2 Å². The quantitative estimate of drug-likeness (QED) is 0.104. The lowest BCUT2D eigenvalue weighted by Crippen LogP contribution is -2.60. The van der Waals surface area contributed by atoms with E-state index in [0.717, 1.165) is 13.4 Å².